The van der Waals surface area contributed by atoms with Crippen LogP contribution in [0.1, 0.15) is 22.5 Å². The van der Waals surface area contributed by atoms with Crippen LogP contribution in [0.25, 0.3) is 17.0 Å². The molecule has 3 nitrogen and oxygen atoms in total. The maximum atomic E-state index is 12.2. The Labute approximate surface area is 98.0 Å². The molecule has 1 aromatic carbocycles. The second kappa shape index (κ2) is 3.70. The summed E-state index contributed by atoms with van der Waals surface area (Å²) < 4.78 is 2.04. The predicted octanol–water partition coefficient (Wildman–Crippen LogP) is 2.23. The minimum atomic E-state index is -0.173. The lowest BCUT2D eigenvalue weighted by Crippen LogP contribution is -2.20. The molecule has 0 amide bonds. The molecule has 0 atom stereocenters. The Kier molecular flexibility index (Phi) is 2.18. The Morgan fingerprint density at radius 2 is 2.06 bits per heavy atom. The summed E-state index contributed by atoms with van der Waals surface area (Å²) in [5.41, 5.74) is 1.73. The fourth-order valence-electron chi connectivity index (χ4n) is 2.37. The quantitative estimate of drug-likeness (QED) is 0.698. The first-order valence-corrected chi connectivity index (χ1v) is 5.60. The van der Waals surface area contributed by atoms with Gasteiger partial charge < -0.3 is 4.57 Å². The number of fused-ring (bicyclic) bond motifs is 3. The minimum absolute atomic E-state index is 0.173. The van der Waals surface area contributed by atoms with E-state index >= 15 is 0 Å². The van der Waals surface area contributed by atoms with Gasteiger partial charge in [-0.1, -0.05) is 18.2 Å². The van der Waals surface area contributed by atoms with Crippen molar-refractivity contribution in [3.05, 3.63) is 51.8 Å². The lowest BCUT2D eigenvalue weighted by molar-refractivity contribution is 0.112. The zero-order valence-corrected chi connectivity index (χ0v) is 9.22. The summed E-state index contributed by atoms with van der Waals surface area (Å²) in [6.07, 6.45) is 5.45. The molecule has 17 heavy (non-hydrogen) atoms. The summed E-state index contributed by atoms with van der Waals surface area (Å²) in [7, 11) is 0. The molecule has 0 saturated heterocycles. The van der Waals surface area contributed by atoms with Crippen molar-refractivity contribution < 1.29 is 4.79 Å². The normalized spacial score (nSPS) is 13.6. The van der Waals surface area contributed by atoms with Gasteiger partial charge in [0.2, 0.25) is 5.43 Å². The number of hydrogen-bond acceptors (Lipinski definition) is 2. The van der Waals surface area contributed by atoms with Gasteiger partial charge in [-0.2, -0.15) is 0 Å². The van der Waals surface area contributed by atoms with Crippen LogP contribution in [-0.2, 0) is 6.54 Å². The number of pyridine rings is 1. The number of benzene rings is 1. The van der Waals surface area contributed by atoms with Crippen LogP contribution in [0.2, 0.25) is 0 Å². The van der Waals surface area contributed by atoms with Crippen LogP contribution >= 0.6 is 0 Å². The number of carbonyl (C=O) groups is 1. The summed E-state index contributed by atoms with van der Waals surface area (Å²) >= 11 is 0. The molecule has 1 aliphatic heterocycles. The minimum Gasteiger partial charge on any atom is -0.340 e. The van der Waals surface area contributed by atoms with E-state index in [1.807, 2.05) is 34.9 Å². The van der Waals surface area contributed by atoms with Gasteiger partial charge in [0, 0.05) is 11.9 Å². The molecule has 0 radical (unpaired) electrons. The van der Waals surface area contributed by atoms with E-state index in [1.54, 1.807) is 6.07 Å². The predicted molar refractivity (Wildman–Crippen MR) is 67.2 cm³/mol. The van der Waals surface area contributed by atoms with Crippen molar-refractivity contribution in [1.29, 1.82) is 0 Å². The third-order valence-electron chi connectivity index (χ3n) is 3.16. The lowest BCUT2D eigenvalue weighted by atomic mass is 10.1. The molecule has 0 spiro atoms. The highest BCUT2D eigenvalue weighted by atomic mass is 16.1. The van der Waals surface area contributed by atoms with Gasteiger partial charge in [-0.25, -0.2) is 0 Å². The van der Waals surface area contributed by atoms with Crippen LogP contribution in [0.15, 0.2) is 35.1 Å². The van der Waals surface area contributed by atoms with Crippen molar-refractivity contribution in [3.63, 3.8) is 0 Å². The summed E-state index contributed by atoms with van der Waals surface area (Å²) in [6.45, 7) is 0.813. The van der Waals surface area contributed by atoms with Crippen molar-refractivity contribution >= 4 is 23.3 Å². The van der Waals surface area contributed by atoms with E-state index in [-0.39, 0.29) is 11.0 Å². The molecule has 0 unspecified atom stereocenters. The van der Waals surface area contributed by atoms with Crippen molar-refractivity contribution in [2.75, 3.05) is 0 Å². The zero-order valence-electron chi connectivity index (χ0n) is 9.22. The highest BCUT2D eigenvalue weighted by molar-refractivity contribution is 5.90. The molecule has 0 aliphatic carbocycles. The first-order valence-electron chi connectivity index (χ1n) is 5.60. The average molecular weight is 225 g/mol. The van der Waals surface area contributed by atoms with E-state index in [4.69, 9.17) is 0 Å². The maximum Gasteiger partial charge on any atom is 0.200 e. The van der Waals surface area contributed by atoms with Gasteiger partial charge in [0.25, 0.3) is 0 Å². The number of nitrogens with zero attached hydrogens (tertiary/aromatic N) is 1. The van der Waals surface area contributed by atoms with E-state index in [1.165, 1.54) is 0 Å². The number of aromatic nitrogens is 1. The monoisotopic (exact) mass is 225 g/mol. The average Bonchev–Trinajstić information content (AvgIpc) is 2.40. The molecule has 2 heterocycles. The van der Waals surface area contributed by atoms with Crippen molar-refractivity contribution in [1.82, 2.24) is 4.57 Å². The highest BCUT2D eigenvalue weighted by Crippen LogP contribution is 2.20. The van der Waals surface area contributed by atoms with Gasteiger partial charge in [0.15, 0.2) is 6.29 Å². The summed E-state index contributed by atoms with van der Waals surface area (Å²) in [5.74, 6) is 0. The second-order valence-electron chi connectivity index (χ2n) is 4.11. The smallest absolute Gasteiger partial charge is 0.200 e. The van der Waals surface area contributed by atoms with Crippen LogP contribution in [0.5, 0.6) is 0 Å². The number of aryl methyl sites for hydroxylation is 1. The van der Waals surface area contributed by atoms with Crippen LogP contribution in [0.4, 0.5) is 0 Å². The summed E-state index contributed by atoms with van der Waals surface area (Å²) in [6, 6.07) is 7.43. The molecule has 0 N–H and O–H groups in total. The van der Waals surface area contributed by atoms with Crippen LogP contribution in [0.3, 0.4) is 0 Å². The molecule has 0 fully saturated rings. The molecular weight excluding hydrogens is 214 g/mol. The first kappa shape index (κ1) is 10.0. The van der Waals surface area contributed by atoms with Gasteiger partial charge >= 0.3 is 0 Å². The fraction of sp³-hybridized carbons (Fsp3) is 0.143. The van der Waals surface area contributed by atoms with Gasteiger partial charge in [0.1, 0.15) is 0 Å². The van der Waals surface area contributed by atoms with E-state index in [0.717, 1.165) is 24.2 Å². The first-order chi connectivity index (χ1) is 8.33. The SMILES string of the molecule is O=Cc1c2n(c3ccccc3c1=O)CCC=C2. The van der Waals surface area contributed by atoms with E-state index in [0.29, 0.717) is 11.7 Å². The lowest BCUT2D eigenvalue weighted by Gasteiger charge is -2.18. The number of carbonyl (C=O) groups excluding carboxylic acids is 1. The third kappa shape index (κ3) is 1.35. The maximum absolute atomic E-state index is 12.2. The molecule has 0 bridgehead atoms. The van der Waals surface area contributed by atoms with Gasteiger partial charge in [0.05, 0.1) is 16.8 Å². The number of aldehydes is 1. The number of para-hydroxylation sites is 1. The topological polar surface area (TPSA) is 39.1 Å². The number of rotatable bonds is 1. The fourth-order valence-corrected chi connectivity index (χ4v) is 2.37. The van der Waals surface area contributed by atoms with Gasteiger partial charge in [-0.15, -0.1) is 0 Å². The third-order valence-corrected chi connectivity index (χ3v) is 3.16. The van der Waals surface area contributed by atoms with E-state index < -0.39 is 0 Å². The molecule has 1 aliphatic rings. The van der Waals surface area contributed by atoms with Crippen molar-refractivity contribution in [3.8, 4) is 0 Å². The van der Waals surface area contributed by atoms with Crippen molar-refractivity contribution in [2.45, 2.75) is 13.0 Å². The van der Waals surface area contributed by atoms with Gasteiger partial charge in [-0.05, 0) is 24.6 Å². The number of allylic oxidation sites excluding steroid dienone is 1. The Morgan fingerprint density at radius 1 is 1.24 bits per heavy atom. The Balaban J connectivity index is 2.57. The molecular formula is C14H11NO2. The van der Waals surface area contributed by atoms with Crippen LogP contribution < -0.4 is 5.43 Å². The highest BCUT2D eigenvalue weighted by Gasteiger charge is 2.15. The Morgan fingerprint density at radius 3 is 2.88 bits per heavy atom. The summed E-state index contributed by atoms with van der Waals surface area (Å²) in [4.78, 5) is 23.2. The molecule has 84 valence electrons. The second-order valence-corrected chi connectivity index (χ2v) is 4.11. The standard InChI is InChI=1S/C14H11NO2/c16-9-11-13-7-3-4-8-15(13)12-6-2-1-5-10(12)14(11)17/h1-3,5-7,9H,4,8H2. The van der Waals surface area contributed by atoms with E-state index in [2.05, 4.69) is 0 Å². The molecule has 1 aromatic heterocycles. The molecule has 3 rings (SSSR count). The van der Waals surface area contributed by atoms with Crippen LogP contribution in [-0.4, -0.2) is 10.9 Å². The Bertz CT molecular complexity index is 695. The largest absolute Gasteiger partial charge is 0.340 e. The zero-order chi connectivity index (χ0) is 11.8. The molecule has 3 heteroatoms. The van der Waals surface area contributed by atoms with E-state index in [9.17, 15) is 9.59 Å². The van der Waals surface area contributed by atoms with Crippen molar-refractivity contribution in [2.24, 2.45) is 0 Å². The molecule has 0 saturated carbocycles. The van der Waals surface area contributed by atoms with Gasteiger partial charge in [-0.3, -0.25) is 9.59 Å². The van der Waals surface area contributed by atoms with Crippen LogP contribution in [0, 0.1) is 0 Å². The number of hydrogen-bond donors (Lipinski definition) is 0. The Hall–Kier alpha value is -2.16. The summed E-state index contributed by atoms with van der Waals surface area (Å²) in [5, 5.41) is 0.619. The molecule has 2 aromatic rings.